The van der Waals surface area contributed by atoms with Gasteiger partial charge in [0.2, 0.25) is 0 Å². The summed E-state index contributed by atoms with van der Waals surface area (Å²) < 4.78 is 20.2. The van der Waals surface area contributed by atoms with Crippen LogP contribution >= 0.6 is 50.7 Å². The number of hydrogen-bond acceptors (Lipinski definition) is 2. The van der Waals surface area contributed by atoms with Crippen molar-refractivity contribution in [1.29, 1.82) is 0 Å². The van der Waals surface area contributed by atoms with Crippen molar-refractivity contribution in [2.45, 2.75) is 13.2 Å². The van der Waals surface area contributed by atoms with Gasteiger partial charge in [0.25, 0.3) is 0 Å². The van der Waals surface area contributed by atoms with Crippen LogP contribution in [0.25, 0.3) is 0 Å². The third-order valence-electron chi connectivity index (χ3n) is 3.82. The van der Waals surface area contributed by atoms with Gasteiger partial charge < -0.3 is 10.1 Å². The maximum absolute atomic E-state index is 13.3. The fourth-order valence-electron chi connectivity index (χ4n) is 2.42. The fraction of sp³-hybridized carbons (Fsp3) is 0.100. The summed E-state index contributed by atoms with van der Waals surface area (Å²) in [4.78, 5) is 0. The number of halogens is 5. The van der Waals surface area contributed by atoms with E-state index in [1.54, 1.807) is 24.3 Å². The largest absolute Gasteiger partial charge is 0.488 e. The van der Waals surface area contributed by atoms with Gasteiger partial charge in [0.05, 0.1) is 5.02 Å². The van der Waals surface area contributed by atoms with Crippen LogP contribution in [-0.2, 0) is 13.2 Å². The molecule has 0 fully saturated rings. The van der Waals surface area contributed by atoms with E-state index in [1.165, 1.54) is 6.07 Å². The second kappa shape index (κ2) is 9.16. The number of benzene rings is 3. The lowest BCUT2D eigenvalue weighted by Crippen LogP contribution is -2.04. The minimum Gasteiger partial charge on any atom is -0.488 e. The second-order valence-corrected chi connectivity index (χ2v) is 7.93. The molecule has 2 nitrogen and oxygen atoms in total. The summed E-state index contributed by atoms with van der Waals surface area (Å²) in [6.45, 7) is 0.790. The average Bonchev–Trinajstić information content (AvgIpc) is 2.63. The van der Waals surface area contributed by atoms with Crippen LogP contribution in [0.3, 0.4) is 0 Å². The Kier molecular flexibility index (Phi) is 6.88. The molecule has 0 aliphatic carbocycles. The van der Waals surface area contributed by atoms with Gasteiger partial charge in [-0.3, -0.25) is 0 Å². The molecule has 7 heteroatoms. The summed E-state index contributed by atoms with van der Waals surface area (Å²) in [5, 5.41) is 4.43. The van der Waals surface area contributed by atoms with Gasteiger partial charge in [0.1, 0.15) is 18.2 Å². The van der Waals surface area contributed by atoms with Crippen molar-refractivity contribution in [1.82, 2.24) is 0 Å². The number of anilines is 1. The third-order valence-corrected chi connectivity index (χ3v) is 5.19. The van der Waals surface area contributed by atoms with E-state index in [9.17, 15) is 4.39 Å². The predicted molar refractivity (Wildman–Crippen MR) is 114 cm³/mol. The van der Waals surface area contributed by atoms with E-state index >= 15 is 0 Å². The van der Waals surface area contributed by atoms with E-state index in [2.05, 4.69) is 21.2 Å². The Morgan fingerprint density at radius 2 is 1.70 bits per heavy atom. The van der Waals surface area contributed by atoms with Gasteiger partial charge in [-0.15, -0.1) is 0 Å². The lowest BCUT2D eigenvalue weighted by Gasteiger charge is -2.14. The minimum absolute atomic E-state index is 0.0723. The lowest BCUT2D eigenvalue weighted by molar-refractivity contribution is 0.303. The summed E-state index contributed by atoms with van der Waals surface area (Å²) in [7, 11) is 0. The zero-order valence-corrected chi connectivity index (χ0v) is 17.8. The molecule has 140 valence electrons. The van der Waals surface area contributed by atoms with Crippen molar-refractivity contribution in [3.63, 3.8) is 0 Å². The second-order valence-electron chi connectivity index (χ2n) is 5.76. The molecular formula is C20H14BrCl3FNO. The van der Waals surface area contributed by atoms with E-state index in [1.807, 2.05) is 24.3 Å². The van der Waals surface area contributed by atoms with Crippen molar-refractivity contribution in [3.8, 4) is 5.75 Å². The first kappa shape index (κ1) is 20.3. The quantitative estimate of drug-likeness (QED) is 0.382. The minimum atomic E-state index is -0.450. The number of hydrogen-bond donors (Lipinski definition) is 1. The van der Waals surface area contributed by atoms with E-state index in [0.717, 1.165) is 15.6 Å². The van der Waals surface area contributed by atoms with Crippen molar-refractivity contribution in [2.24, 2.45) is 0 Å². The molecule has 0 atom stereocenters. The van der Waals surface area contributed by atoms with Crippen LogP contribution in [0.4, 0.5) is 10.1 Å². The maximum Gasteiger partial charge on any atom is 0.141 e. The van der Waals surface area contributed by atoms with Crippen molar-refractivity contribution in [3.05, 3.63) is 91.1 Å². The highest BCUT2D eigenvalue weighted by molar-refractivity contribution is 9.10. The molecule has 0 bridgehead atoms. The van der Waals surface area contributed by atoms with E-state index in [0.29, 0.717) is 34.6 Å². The highest BCUT2D eigenvalue weighted by Gasteiger charge is 2.08. The Bertz CT molecular complexity index is 968. The molecule has 27 heavy (non-hydrogen) atoms. The van der Waals surface area contributed by atoms with Crippen LogP contribution in [0.15, 0.2) is 59.1 Å². The molecule has 0 spiro atoms. The highest BCUT2D eigenvalue weighted by atomic mass is 79.9. The van der Waals surface area contributed by atoms with Gasteiger partial charge in [0, 0.05) is 37.9 Å². The van der Waals surface area contributed by atoms with Gasteiger partial charge in [0.15, 0.2) is 0 Å². The summed E-state index contributed by atoms with van der Waals surface area (Å²) in [5.74, 6) is 0.262. The van der Waals surface area contributed by atoms with Crippen LogP contribution < -0.4 is 10.1 Å². The van der Waals surface area contributed by atoms with Crippen LogP contribution in [-0.4, -0.2) is 0 Å². The van der Waals surface area contributed by atoms with Crippen LogP contribution in [0, 0.1) is 5.82 Å². The molecule has 3 aromatic carbocycles. The normalized spacial score (nSPS) is 10.7. The Labute approximate surface area is 180 Å². The van der Waals surface area contributed by atoms with Crippen molar-refractivity contribution in [2.75, 3.05) is 5.32 Å². The number of nitrogens with one attached hydrogen (secondary N) is 1. The standard InChI is InChI=1S/C20H14BrCl3FNO/c21-14-2-6-20(27-11-12-1-3-15(22)8-17(12)23)13(7-14)10-26-16-4-5-19(25)18(24)9-16/h1-9,26H,10-11H2. The van der Waals surface area contributed by atoms with Crippen molar-refractivity contribution >= 4 is 56.4 Å². The topological polar surface area (TPSA) is 21.3 Å². The maximum atomic E-state index is 13.3. The Morgan fingerprint density at radius 3 is 2.44 bits per heavy atom. The smallest absolute Gasteiger partial charge is 0.141 e. The molecule has 3 rings (SSSR count). The van der Waals surface area contributed by atoms with Gasteiger partial charge >= 0.3 is 0 Å². The molecule has 0 aromatic heterocycles. The first-order chi connectivity index (χ1) is 12.9. The van der Waals surface area contributed by atoms with Crippen LogP contribution in [0.2, 0.25) is 15.1 Å². The highest BCUT2D eigenvalue weighted by Crippen LogP contribution is 2.28. The molecule has 0 heterocycles. The summed E-state index contributed by atoms with van der Waals surface area (Å²) in [6.07, 6.45) is 0. The van der Waals surface area contributed by atoms with E-state index < -0.39 is 5.82 Å². The predicted octanol–water partition coefficient (Wildman–Crippen LogP) is 7.74. The molecule has 0 radical (unpaired) electrons. The first-order valence-electron chi connectivity index (χ1n) is 7.96. The van der Waals surface area contributed by atoms with Crippen LogP contribution in [0.5, 0.6) is 5.75 Å². The van der Waals surface area contributed by atoms with Gasteiger partial charge in [-0.2, -0.15) is 0 Å². The first-order valence-corrected chi connectivity index (χ1v) is 9.89. The van der Waals surface area contributed by atoms with E-state index in [4.69, 9.17) is 39.5 Å². The molecule has 0 saturated heterocycles. The molecule has 0 aliphatic heterocycles. The summed E-state index contributed by atoms with van der Waals surface area (Å²) >= 11 is 21.4. The zero-order valence-electron chi connectivity index (χ0n) is 13.9. The monoisotopic (exact) mass is 487 g/mol. The van der Waals surface area contributed by atoms with Gasteiger partial charge in [-0.1, -0.05) is 56.8 Å². The zero-order chi connectivity index (χ0) is 19.4. The average molecular weight is 490 g/mol. The number of rotatable bonds is 6. The third kappa shape index (κ3) is 5.52. The van der Waals surface area contributed by atoms with Crippen molar-refractivity contribution < 1.29 is 9.13 Å². The molecule has 3 aromatic rings. The Hall–Kier alpha value is -1.46. The molecule has 1 N–H and O–H groups in total. The van der Waals surface area contributed by atoms with Gasteiger partial charge in [-0.05, 0) is 48.5 Å². The van der Waals surface area contributed by atoms with Crippen LogP contribution in [0.1, 0.15) is 11.1 Å². The SMILES string of the molecule is Fc1ccc(NCc2cc(Br)ccc2OCc2ccc(Cl)cc2Cl)cc1Cl. The molecular weight excluding hydrogens is 475 g/mol. The Balaban J connectivity index is 1.73. The number of ether oxygens (including phenoxy) is 1. The molecule has 0 saturated carbocycles. The molecule has 0 amide bonds. The molecule has 0 unspecified atom stereocenters. The van der Waals surface area contributed by atoms with E-state index in [-0.39, 0.29) is 5.02 Å². The summed E-state index contributed by atoms with van der Waals surface area (Å²) in [5.41, 5.74) is 2.48. The van der Waals surface area contributed by atoms with Gasteiger partial charge in [-0.25, -0.2) is 4.39 Å². The summed E-state index contributed by atoms with van der Waals surface area (Å²) in [6, 6.07) is 15.5. The fourth-order valence-corrected chi connectivity index (χ4v) is 3.48. The Morgan fingerprint density at radius 1 is 0.889 bits per heavy atom. The molecule has 0 aliphatic rings. The lowest BCUT2D eigenvalue weighted by atomic mass is 10.2.